The van der Waals surface area contributed by atoms with Crippen LogP contribution in [0.3, 0.4) is 0 Å². The molecule has 1 aromatic carbocycles. The number of hydrogen-bond donors (Lipinski definition) is 1. The maximum atomic E-state index is 12.7. The van der Waals surface area contributed by atoms with Crippen molar-refractivity contribution in [1.29, 1.82) is 0 Å². The van der Waals surface area contributed by atoms with Gasteiger partial charge >= 0.3 is 12.0 Å². The van der Waals surface area contributed by atoms with Crippen LogP contribution in [0.4, 0.5) is 10.5 Å². The van der Waals surface area contributed by atoms with Crippen molar-refractivity contribution in [3.8, 4) is 0 Å². The standard InChI is InChI=1S/C19H21N7O4/c1-11(2)10-25-15-16(23(4)19(28)24(5)17(15)27)20-18(25)22-21-12(3)13-7-6-8-14(9-13)26(29)30/h6-9,15H,1,10H2,2-5H3/p+1/b21-12+. The van der Waals surface area contributed by atoms with Crippen LogP contribution in [0.5, 0.6) is 0 Å². The maximum absolute atomic E-state index is 12.7. The lowest BCUT2D eigenvalue weighted by atomic mass is 10.1. The van der Waals surface area contributed by atoms with Gasteiger partial charge in [-0.3, -0.25) is 24.7 Å². The van der Waals surface area contributed by atoms with E-state index in [0.717, 1.165) is 10.5 Å². The summed E-state index contributed by atoms with van der Waals surface area (Å²) in [7, 11) is 2.98. The van der Waals surface area contributed by atoms with E-state index in [1.54, 1.807) is 30.7 Å². The molecule has 0 aromatic heterocycles. The van der Waals surface area contributed by atoms with Crippen molar-refractivity contribution in [3.05, 3.63) is 52.1 Å². The van der Waals surface area contributed by atoms with Crippen LogP contribution in [-0.2, 0) is 4.79 Å². The first-order valence-corrected chi connectivity index (χ1v) is 9.08. The van der Waals surface area contributed by atoms with Gasteiger partial charge in [0.1, 0.15) is 0 Å². The van der Waals surface area contributed by atoms with E-state index in [9.17, 15) is 19.7 Å². The van der Waals surface area contributed by atoms with Gasteiger partial charge in [-0.25, -0.2) is 9.37 Å². The molecule has 2 aliphatic heterocycles. The Labute approximate surface area is 172 Å². The molecule has 0 aliphatic carbocycles. The number of urea groups is 1. The Kier molecular flexibility index (Phi) is 5.45. The smallest absolute Gasteiger partial charge is 0.270 e. The number of benzene rings is 1. The van der Waals surface area contributed by atoms with Crippen LogP contribution in [0.1, 0.15) is 19.4 Å². The summed E-state index contributed by atoms with van der Waals surface area (Å²) in [6.45, 7) is 7.74. The van der Waals surface area contributed by atoms with Crippen LogP contribution in [0.25, 0.3) is 0 Å². The number of amidine groups is 1. The fourth-order valence-corrected chi connectivity index (χ4v) is 3.19. The first kappa shape index (κ1) is 20.8. The highest BCUT2D eigenvalue weighted by Crippen LogP contribution is 2.19. The monoisotopic (exact) mass is 412 g/mol. The summed E-state index contributed by atoms with van der Waals surface area (Å²) in [6.07, 6.45) is 0. The van der Waals surface area contributed by atoms with Gasteiger partial charge in [-0.2, -0.15) is 5.43 Å². The highest BCUT2D eigenvalue weighted by molar-refractivity contribution is 6.22. The molecular weight excluding hydrogens is 390 g/mol. The van der Waals surface area contributed by atoms with Gasteiger partial charge in [0.2, 0.25) is 11.9 Å². The van der Waals surface area contributed by atoms with E-state index in [1.807, 2.05) is 6.92 Å². The van der Waals surface area contributed by atoms with Crippen molar-refractivity contribution in [2.75, 3.05) is 20.6 Å². The van der Waals surface area contributed by atoms with E-state index in [1.165, 1.54) is 24.1 Å². The molecule has 1 fully saturated rings. The number of hydrogen-bond acceptors (Lipinski definition) is 7. The van der Waals surface area contributed by atoms with Crippen LogP contribution in [0, 0.1) is 10.1 Å². The molecule has 11 nitrogen and oxygen atoms in total. The second-order valence-corrected chi connectivity index (χ2v) is 7.14. The van der Waals surface area contributed by atoms with E-state index in [0.29, 0.717) is 23.7 Å². The van der Waals surface area contributed by atoms with E-state index >= 15 is 0 Å². The number of nitro benzene ring substituents is 1. The lowest BCUT2D eigenvalue weighted by molar-refractivity contribution is -0.529. The number of hydrazone groups is 1. The average molecular weight is 412 g/mol. The quantitative estimate of drug-likeness (QED) is 0.256. The number of nitrogens with zero attached hydrogens (tertiary/aromatic N) is 6. The van der Waals surface area contributed by atoms with Crippen molar-refractivity contribution in [1.82, 2.24) is 15.2 Å². The molecule has 3 amide bonds. The molecule has 11 heteroatoms. The summed E-state index contributed by atoms with van der Waals surface area (Å²) in [5, 5.41) is 15.3. The Morgan fingerprint density at radius 2 is 2.03 bits per heavy atom. The third-order valence-electron chi connectivity index (χ3n) is 4.77. The molecule has 1 unspecified atom stereocenters. The Balaban J connectivity index is 1.96. The number of amides is 3. The van der Waals surface area contributed by atoms with E-state index in [-0.39, 0.29) is 11.6 Å². The SMILES string of the molecule is C=C(C)C[N+]1=C(N/N=C(\C)c2cccc([N+](=O)[O-])c2)N=C2C1C(=O)N(C)C(=O)N2C. The Morgan fingerprint density at radius 3 is 2.67 bits per heavy atom. The molecule has 1 N–H and O–H groups in total. The number of rotatable bonds is 5. The second kappa shape index (κ2) is 7.85. The first-order chi connectivity index (χ1) is 14.1. The average Bonchev–Trinajstić information content (AvgIpc) is 3.06. The highest BCUT2D eigenvalue weighted by Gasteiger charge is 2.51. The van der Waals surface area contributed by atoms with Crippen molar-refractivity contribution in [2.45, 2.75) is 19.9 Å². The van der Waals surface area contributed by atoms with Crippen molar-refractivity contribution in [3.63, 3.8) is 0 Å². The Bertz CT molecular complexity index is 1060. The van der Waals surface area contributed by atoms with Gasteiger partial charge in [0, 0.05) is 31.8 Å². The maximum Gasteiger partial charge on any atom is 0.414 e. The van der Waals surface area contributed by atoms with Gasteiger partial charge in [-0.1, -0.05) is 23.7 Å². The predicted octanol–water partition coefficient (Wildman–Crippen LogP) is 1.16. The molecule has 0 bridgehead atoms. The fourth-order valence-electron chi connectivity index (χ4n) is 3.19. The lowest BCUT2D eigenvalue weighted by Gasteiger charge is -2.31. The summed E-state index contributed by atoms with van der Waals surface area (Å²) in [5.41, 5.74) is 4.64. The van der Waals surface area contributed by atoms with Crippen molar-refractivity contribution < 1.29 is 19.1 Å². The van der Waals surface area contributed by atoms with Gasteiger partial charge in [0.05, 0.1) is 17.2 Å². The zero-order valence-corrected chi connectivity index (χ0v) is 17.1. The van der Waals surface area contributed by atoms with E-state index in [4.69, 9.17) is 0 Å². The van der Waals surface area contributed by atoms with Crippen LogP contribution in [0.2, 0.25) is 0 Å². The molecule has 30 heavy (non-hydrogen) atoms. The molecule has 0 spiro atoms. The molecule has 2 aliphatic rings. The molecule has 1 atom stereocenters. The minimum absolute atomic E-state index is 0.0421. The Hall–Kier alpha value is -3.89. The van der Waals surface area contributed by atoms with Gasteiger partial charge in [0.15, 0.2) is 0 Å². The zero-order chi connectivity index (χ0) is 22.2. The molecule has 1 aromatic rings. The van der Waals surface area contributed by atoms with Crippen molar-refractivity contribution in [2.24, 2.45) is 10.1 Å². The number of nitrogens with one attached hydrogen (secondary N) is 1. The van der Waals surface area contributed by atoms with E-state index < -0.39 is 22.9 Å². The number of imide groups is 1. The third-order valence-corrected chi connectivity index (χ3v) is 4.77. The number of nitro groups is 1. The van der Waals surface area contributed by atoms with E-state index in [2.05, 4.69) is 22.1 Å². The molecule has 3 rings (SSSR count). The van der Waals surface area contributed by atoms with Gasteiger partial charge < -0.3 is 0 Å². The molecular formula is C19H22N7O4+. The second-order valence-electron chi connectivity index (χ2n) is 7.14. The third kappa shape index (κ3) is 3.69. The first-order valence-electron chi connectivity index (χ1n) is 9.08. The summed E-state index contributed by atoms with van der Waals surface area (Å²) in [5.74, 6) is 0.190. The fraction of sp³-hybridized carbons (Fsp3) is 0.316. The number of fused-ring (bicyclic) bond motifs is 1. The van der Waals surface area contributed by atoms with Crippen LogP contribution in [-0.4, -0.2) is 75.4 Å². The van der Waals surface area contributed by atoms with Crippen LogP contribution < -0.4 is 5.43 Å². The van der Waals surface area contributed by atoms with Gasteiger partial charge in [0.25, 0.3) is 11.6 Å². The molecule has 0 saturated carbocycles. The number of carbonyl (C=O) groups excluding carboxylic acids is 2. The lowest BCUT2D eigenvalue weighted by Crippen LogP contribution is -2.61. The topological polar surface area (TPSA) is 124 Å². The predicted molar refractivity (Wildman–Crippen MR) is 111 cm³/mol. The number of non-ortho nitro benzene ring substituents is 1. The zero-order valence-electron chi connectivity index (χ0n) is 17.1. The summed E-state index contributed by atoms with van der Waals surface area (Å²) in [4.78, 5) is 42.3. The molecule has 1 saturated heterocycles. The van der Waals surface area contributed by atoms with Gasteiger partial charge in [-0.15, -0.1) is 5.10 Å². The summed E-state index contributed by atoms with van der Waals surface area (Å²) < 4.78 is 1.68. The van der Waals surface area contributed by atoms with Crippen LogP contribution >= 0.6 is 0 Å². The molecule has 2 heterocycles. The molecule has 0 radical (unpaired) electrons. The summed E-state index contributed by atoms with van der Waals surface area (Å²) in [6, 6.07) is 4.85. The van der Waals surface area contributed by atoms with Gasteiger partial charge in [-0.05, 0) is 19.4 Å². The number of carbonyl (C=O) groups is 2. The van der Waals surface area contributed by atoms with Crippen molar-refractivity contribution >= 4 is 35.1 Å². The number of likely N-dealkylation sites (N-methyl/N-ethyl adjacent to an activating group) is 2. The minimum Gasteiger partial charge on any atom is -0.270 e. The Morgan fingerprint density at radius 1 is 1.33 bits per heavy atom. The molecule has 156 valence electrons. The number of guanidine groups is 1. The normalized spacial score (nSPS) is 19.1. The summed E-state index contributed by atoms with van der Waals surface area (Å²) >= 11 is 0. The number of aliphatic imine (C=N–C) groups is 1. The largest absolute Gasteiger partial charge is 0.414 e. The highest BCUT2D eigenvalue weighted by atomic mass is 16.6. The minimum atomic E-state index is -0.773. The van der Waals surface area contributed by atoms with Crippen LogP contribution in [0.15, 0.2) is 46.5 Å².